The lowest BCUT2D eigenvalue weighted by molar-refractivity contribution is 0.231. The summed E-state index contributed by atoms with van der Waals surface area (Å²) >= 11 is 7.79. The second kappa shape index (κ2) is 7.60. The Kier molecular flexibility index (Phi) is 4.69. The van der Waals surface area contributed by atoms with E-state index in [2.05, 4.69) is 31.1 Å². The third kappa shape index (κ3) is 3.27. The molecule has 32 heavy (non-hydrogen) atoms. The molecule has 6 rings (SSSR count). The zero-order chi connectivity index (χ0) is 21.7. The quantitative estimate of drug-likeness (QED) is 0.490. The highest BCUT2D eigenvalue weighted by atomic mass is 35.5. The predicted octanol–water partition coefficient (Wildman–Crippen LogP) is 3.69. The second-order valence-electron chi connectivity index (χ2n) is 8.54. The Morgan fingerprint density at radius 3 is 2.69 bits per heavy atom. The molecule has 0 saturated carbocycles. The maximum Gasteiger partial charge on any atom is 0.212 e. The first-order valence-electron chi connectivity index (χ1n) is 10.6. The normalized spacial score (nSPS) is 17.2. The van der Waals surface area contributed by atoms with Crippen LogP contribution in [-0.2, 0) is 12.8 Å². The van der Waals surface area contributed by atoms with Crippen LogP contribution in [0.4, 0.5) is 11.8 Å². The number of halogens is 1. The Bertz CT molecular complexity index is 1290. The van der Waals surface area contributed by atoms with Crippen molar-refractivity contribution in [2.24, 2.45) is 5.41 Å². The molecular formula is C22H21ClN8S. The molecule has 0 aromatic carbocycles. The van der Waals surface area contributed by atoms with Gasteiger partial charge in [-0.2, -0.15) is 0 Å². The molecule has 0 radical (unpaired) electrons. The lowest BCUT2D eigenvalue weighted by atomic mass is 9.76. The molecule has 1 fully saturated rings. The van der Waals surface area contributed by atoms with Crippen LogP contribution in [0, 0.1) is 5.41 Å². The highest BCUT2D eigenvalue weighted by Crippen LogP contribution is 2.45. The summed E-state index contributed by atoms with van der Waals surface area (Å²) in [6.45, 7) is 1.92. The summed E-state index contributed by atoms with van der Waals surface area (Å²) in [7, 11) is 0. The van der Waals surface area contributed by atoms with Gasteiger partial charge in [0.1, 0.15) is 12.1 Å². The van der Waals surface area contributed by atoms with E-state index < -0.39 is 0 Å². The zero-order valence-electron chi connectivity index (χ0n) is 17.3. The summed E-state index contributed by atoms with van der Waals surface area (Å²) in [6.07, 6.45) is 13.7. The minimum absolute atomic E-state index is 0.311. The van der Waals surface area contributed by atoms with Crippen LogP contribution in [-0.4, -0.2) is 42.6 Å². The molecule has 1 aliphatic carbocycles. The maximum atomic E-state index is 6.33. The summed E-state index contributed by atoms with van der Waals surface area (Å²) < 4.78 is 1.96. The monoisotopic (exact) mass is 464 g/mol. The van der Waals surface area contributed by atoms with Gasteiger partial charge in [0.2, 0.25) is 5.95 Å². The first kappa shape index (κ1) is 19.8. The summed E-state index contributed by atoms with van der Waals surface area (Å²) in [5, 5.41) is 8.94. The largest absolute Gasteiger partial charge is 0.382 e. The molecule has 0 atom stereocenters. The van der Waals surface area contributed by atoms with Crippen LogP contribution in [0.25, 0.3) is 5.65 Å². The predicted molar refractivity (Wildman–Crippen MR) is 124 cm³/mol. The fourth-order valence-electron chi connectivity index (χ4n) is 4.92. The molecule has 4 aromatic rings. The highest BCUT2D eigenvalue weighted by molar-refractivity contribution is 7.99. The van der Waals surface area contributed by atoms with Gasteiger partial charge in [-0.3, -0.25) is 4.98 Å². The van der Waals surface area contributed by atoms with Crippen molar-refractivity contribution >= 4 is 40.8 Å². The third-order valence-electron chi connectivity index (χ3n) is 6.62. The van der Waals surface area contributed by atoms with Crippen molar-refractivity contribution in [3.05, 3.63) is 59.4 Å². The molecule has 1 aliphatic heterocycles. The van der Waals surface area contributed by atoms with Crippen LogP contribution in [0.1, 0.15) is 24.0 Å². The number of anilines is 2. The van der Waals surface area contributed by atoms with Crippen LogP contribution < -0.4 is 10.6 Å². The summed E-state index contributed by atoms with van der Waals surface area (Å²) in [5.74, 6) is 1.19. The van der Waals surface area contributed by atoms with Gasteiger partial charge in [-0.1, -0.05) is 23.4 Å². The molecule has 0 unspecified atom stereocenters. The molecule has 162 valence electrons. The van der Waals surface area contributed by atoms with E-state index in [0.29, 0.717) is 16.3 Å². The summed E-state index contributed by atoms with van der Waals surface area (Å²) in [4.78, 5) is 17.2. The minimum atomic E-state index is 0.311. The Hall–Kier alpha value is -2.91. The van der Waals surface area contributed by atoms with Crippen molar-refractivity contribution in [1.29, 1.82) is 0 Å². The van der Waals surface area contributed by atoms with Crippen molar-refractivity contribution in [3.63, 3.8) is 0 Å². The lowest BCUT2D eigenvalue weighted by Gasteiger charge is -2.39. The van der Waals surface area contributed by atoms with Gasteiger partial charge in [0.25, 0.3) is 0 Å². The molecule has 0 bridgehead atoms. The highest BCUT2D eigenvalue weighted by Gasteiger charge is 2.40. The summed E-state index contributed by atoms with van der Waals surface area (Å²) in [5.41, 5.74) is 9.83. The smallest absolute Gasteiger partial charge is 0.212 e. The standard InChI is InChI=1S/C22H21ClN8S/c23-18-16(2-6-26-19(18)24)32-17-12-27-21(31-13-28-29-20(17)31)30-7-3-22(4-8-30)9-14-1-5-25-11-15(14)10-22/h1-2,5-6,11-13H,3-4,7-10H2,(H2,24,26). The van der Waals surface area contributed by atoms with E-state index in [1.165, 1.54) is 22.9 Å². The topological polar surface area (TPSA) is 98.1 Å². The Morgan fingerprint density at radius 2 is 1.84 bits per heavy atom. The molecule has 2 N–H and O–H groups in total. The number of nitrogens with two attached hydrogens (primary N) is 1. The molecule has 1 saturated heterocycles. The lowest BCUT2D eigenvalue weighted by Crippen LogP contribution is -2.41. The van der Waals surface area contributed by atoms with E-state index >= 15 is 0 Å². The minimum Gasteiger partial charge on any atom is -0.382 e. The van der Waals surface area contributed by atoms with E-state index in [1.807, 2.05) is 29.1 Å². The third-order valence-corrected chi connectivity index (χ3v) is 8.20. The first-order chi connectivity index (χ1) is 15.6. The average Bonchev–Trinajstić information content (AvgIpc) is 3.43. The van der Waals surface area contributed by atoms with Gasteiger partial charge < -0.3 is 10.6 Å². The molecule has 2 aliphatic rings. The van der Waals surface area contributed by atoms with Gasteiger partial charge in [0.15, 0.2) is 5.65 Å². The maximum absolute atomic E-state index is 6.33. The Morgan fingerprint density at radius 1 is 1.00 bits per heavy atom. The van der Waals surface area contributed by atoms with E-state index in [0.717, 1.165) is 60.2 Å². The number of pyridine rings is 2. The zero-order valence-corrected chi connectivity index (χ0v) is 18.9. The van der Waals surface area contributed by atoms with Gasteiger partial charge in [0, 0.05) is 42.8 Å². The van der Waals surface area contributed by atoms with E-state index in [-0.39, 0.29) is 0 Å². The number of nitrogens with zero attached hydrogens (tertiary/aromatic N) is 7. The van der Waals surface area contributed by atoms with Gasteiger partial charge in [-0.25, -0.2) is 14.4 Å². The van der Waals surface area contributed by atoms with Gasteiger partial charge in [-0.05, 0) is 54.4 Å². The van der Waals surface area contributed by atoms with Gasteiger partial charge >= 0.3 is 0 Å². The van der Waals surface area contributed by atoms with Gasteiger partial charge in [-0.15, -0.1) is 10.2 Å². The van der Waals surface area contributed by atoms with Crippen molar-refractivity contribution in [2.75, 3.05) is 23.7 Å². The molecule has 8 nitrogen and oxygen atoms in total. The van der Waals surface area contributed by atoms with Crippen LogP contribution in [0.3, 0.4) is 0 Å². The number of piperidine rings is 1. The fourth-order valence-corrected chi connectivity index (χ4v) is 6.05. The SMILES string of the molecule is Nc1nccc(Sc2cnc(N3CCC4(CC3)Cc3ccncc3C4)n3cnnc23)c1Cl. The van der Waals surface area contributed by atoms with Crippen LogP contribution in [0.5, 0.6) is 0 Å². The van der Waals surface area contributed by atoms with Crippen molar-refractivity contribution in [2.45, 2.75) is 35.5 Å². The second-order valence-corrected chi connectivity index (χ2v) is 10.0. The molecular weight excluding hydrogens is 444 g/mol. The van der Waals surface area contributed by atoms with Gasteiger partial charge in [0.05, 0.1) is 9.92 Å². The van der Waals surface area contributed by atoms with E-state index in [9.17, 15) is 0 Å². The number of aromatic nitrogens is 6. The fraction of sp³-hybridized carbons (Fsp3) is 0.318. The van der Waals surface area contributed by atoms with Crippen molar-refractivity contribution in [3.8, 4) is 0 Å². The van der Waals surface area contributed by atoms with Crippen molar-refractivity contribution in [1.82, 2.24) is 29.5 Å². The summed E-state index contributed by atoms with van der Waals surface area (Å²) in [6, 6.07) is 4.02. The van der Waals surface area contributed by atoms with Crippen LogP contribution in [0.15, 0.2) is 53.0 Å². The number of fused-ring (bicyclic) bond motifs is 2. The number of nitrogen functional groups attached to an aromatic ring is 1. The van der Waals surface area contributed by atoms with Crippen LogP contribution >= 0.6 is 23.4 Å². The molecule has 5 heterocycles. The number of hydrogen-bond donors (Lipinski definition) is 1. The first-order valence-corrected chi connectivity index (χ1v) is 11.7. The average molecular weight is 465 g/mol. The molecule has 0 amide bonds. The van der Waals surface area contributed by atoms with Crippen LogP contribution in [0.2, 0.25) is 5.02 Å². The Labute approximate surface area is 194 Å². The molecule has 4 aromatic heterocycles. The Balaban J connectivity index is 1.24. The van der Waals surface area contributed by atoms with E-state index in [4.69, 9.17) is 22.3 Å². The number of hydrogen-bond acceptors (Lipinski definition) is 8. The van der Waals surface area contributed by atoms with Crippen molar-refractivity contribution < 1.29 is 0 Å². The number of rotatable bonds is 3. The molecule has 10 heteroatoms. The van der Waals surface area contributed by atoms with E-state index in [1.54, 1.807) is 12.5 Å². The molecule has 1 spiro atoms.